The second kappa shape index (κ2) is 5.66. The molecule has 0 spiro atoms. The van der Waals surface area contributed by atoms with Crippen LogP contribution in [0.25, 0.3) is 5.69 Å². The first-order valence-electron chi connectivity index (χ1n) is 6.10. The lowest BCUT2D eigenvalue weighted by Gasteiger charge is -2.09. The highest BCUT2D eigenvalue weighted by Crippen LogP contribution is 2.20. The molecule has 2 rings (SSSR count). The molecular formula is C11H15N5O4S. The van der Waals surface area contributed by atoms with Gasteiger partial charge in [-0.25, -0.2) is 4.79 Å². The largest absolute Gasteiger partial charge is 0.492 e. The molecule has 2 aromatic rings. The van der Waals surface area contributed by atoms with Gasteiger partial charge >= 0.3 is 15.9 Å². The van der Waals surface area contributed by atoms with Crippen LogP contribution in [0.3, 0.4) is 0 Å². The first kappa shape index (κ1) is 15.2. The minimum absolute atomic E-state index is 0.324. The Morgan fingerprint density at radius 2 is 1.90 bits per heavy atom. The van der Waals surface area contributed by atoms with Crippen molar-refractivity contribution in [3.05, 3.63) is 34.7 Å². The number of para-hydroxylation sites is 2. The molecule has 0 bridgehead atoms. The summed E-state index contributed by atoms with van der Waals surface area (Å²) >= 11 is 0. The van der Waals surface area contributed by atoms with Crippen LogP contribution in [0.5, 0.6) is 5.75 Å². The van der Waals surface area contributed by atoms with Gasteiger partial charge in [0.15, 0.2) is 0 Å². The van der Waals surface area contributed by atoms with Gasteiger partial charge in [0.25, 0.3) is 0 Å². The predicted octanol–water partition coefficient (Wildman–Crippen LogP) is -0.518. The third-order valence-electron chi connectivity index (χ3n) is 2.63. The molecule has 1 aromatic heterocycles. The van der Waals surface area contributed by atoms with Gasteiger partial charge in [0.05, 0.1) is 6.61 Å². The molecule has 0 unspecified atom stereocenters. The summed E-state index contributed by atoms with van der Waals surface area (Å²) in [5, 5.41) is 7.03. The number of rotatable bonds is 5. The van der Waals surface area contributed by atoms with E-state index in [1.165, 1.54) is 14.1 Å². The maximum Gasteiger partial charge on any atom is 0.384 e. The summed E-state index contributed by atoms with van der Waals surface area (Å²) in [7, 11) is -1.42. The number of benzene rings is 1. The van der Waals surface area contributed by atoms with Gasteiger partial charge in [-0.05, 0) is 29.5 Å². The van der Waals surface area contributed by atoms with Gasteiger partial charge in [0.2, 0.25) is 0 Å². The first-order valence-corrected chi connectivity index (χ1v) is 7.49. The monoisotopic (exact) mass is 313 g/mol. The molecule has 0 N–H and O–H groups in total. The van der Waals surface area contributed by atoms with Crippen LogP contribution < -0.4 is 10.4 Å². The molecule has 0 aliphatic carbocycles. The van der Waals surface area contributed by atoms with E-state index >= 15 is 0 Å². The lowest BCUT2D eigenvalue weighted by Crippen LogP contribution is -2.37. The molecule has 0 saturated heterocycles. The Labute approximate surface area is 121 Å². The molecule has 0 radical (unpaired) electrons. The predicted molar refractivity (Wildman–Crippen MR) is 74.8 cm³/mol. The maximum absolute atomic E-state index is 12.2. The van der Waals surface area contributed by atoms with Crippen LogP contribution in [-0.2, 0) is 10.2 Å². The van der Waals surface area contributed by atoms with Crippen LogP contribution >= 0.6 is 0 Å². The van der Waals surface area contributed by atoms with Crippen LogP contribution in [0, 0.1) is 0 Å². The zero-order chi connectivity index (χ0) is 15.6. The van der Waals surface area contributed by atoms with Crippen molar-refractivity contribution >= 4 is 10.2 Å². The molecule has 114 valence electrons. The minimum atomic E-state index is -4.02. The van der Waals surface area contributed by atoms with Crippen molar-refractivity contribution in [1.82, 2.24) is 23.5 Å². The molecule has 0 amide bonds. The Bertz CT molecular complexity index is 793. The summed E-state index contributed by atoms with van der Waals surface area (Å²) in [4.78, 5) is 12.2. The van der Waals surface area contributed by atoms with E-state index in [-0.39, 0.29) is 0 Å². The number of hydrogen-bond acceptors (Lipinski definition) is 6. The molecule has 1 heterocycles. The van der Waals surface area contributed by atoms with E-state index < -0.39 is 15.9 Å². The Balaban J connectivity index is 2.60. The van der Waals surface area contributed by atoms with Gasteiger partial charge in [0.1, 0.15) is 11.4 Å². The van der Waals surface area contributed by atoms with Crippen molar-refractivity contribution in [2.75, 3.05) is 20.7 Å². The van der Waals surface area contributed by atoms with E-state index in [9.17, 15) is 13.2 Å². The zero-order valence-electron chi connectivity index (χ0n) is 11.8. The fourth-order valence-electron chi connectivity index (χ4n) is 1.59. The SMILES string of the molecule is CCOc1ccccc1-n1nnn(S(=O)(=O)N(C)C)c1=O. The topological polar surface area (TPSA) is 99.3 Å². The number of ether oxygens (including phenoxy) is 1. The standard InChI is InChI=1S/C11H15N5O4S/c1-4-20-10-8-6-5-7-9(10)15-11(17)16(13-12-15)21(18,19)14(2)3/h5-8H,4H2,1-3H3. The molecule has 0 saturated carbocycles. The number of aromatic nitrogens is 4. The molecule has 0 aliphatic rings. The molecule has 10 heteroatoms. The van der Waals surface area contributed by atoms with E-state index in [1.807, 2.05) is 0 Å². The Kier molecular flexibility index (Phi) is 4.09. The van der Waals surface area contributed by atoms with E-state index in [0.29, 0.717) is 22.1 Å². The molecule has 1 aromatic carbocycles. The summed E-state index contributed by atoms with van der Waals surface area (Å²) in [6.07, 6.45) is 0. The fourth-order valence-corrected chi connectivity index (χ4v) is 2.30. The van der Waals surface area contributed by atoms with E-state index in [0.717, 1.165) is 8.99 Å². The number of tetrazole rings is 1. The highest BCUT2D eigenvalue weighted by atomic mass is 32.2. The maximum atomic E-state index is 12.2. The second-order valence-corrected chi connectivity index (χ2v) is 6.18. The van der Waals surface area contributed by atoms with Crippen LogP contribution in [0.2, 0.25) is 0 Å². The van der Waals surface area contributed by atoms with E-state index in [2.05, 4.69) is 10.4 Å². The van der Waals surface area contributed by atoms with Crippen molar-refractivity contribution in [3.63, 3.8) is 0 Å². The van der Waals surface area contributed by atoms with E-state index in [4.69, 9.17) is 4.74 Å². The Hall–Kier alpha value is -2.20. The van der Waals surface area contributed by atoms with Gasteiger partial charge in [-0.15, -0.1) is 0 Å². The van der Waals surface area contributed by atoms with Crippen molar-refractivity contribution in [2.45, 2.75) is 6.92 Å². The molecular weight excluding hydrogens is 298 g/mol. The number of nitrogens with zero attached hydrogens (tertiary/aromatic N) is 5. The van der Waals surface area contributed by atoms with Crippen molar-refractivity contribution in [3.8, 4) is 11.4 Å². The van der Waals surface area contributed by atoms with E-state index in [1.54, 1.807) is 31.2 Å². The summed E-state index contributed by atoms with van der Waals surface area (Å²) in [6, 6.07) is 6.67. The van der Waals surface area contributed by atoms with Crippen LogP contribution in [0.1, 0.15) is 6.92 Å². The average molecular weight is 313 g/mol. The summed E-state index contributed by atoms with van der Waals surface area (Å²) in [6.45, 7) is 2.20. The van der Waals surface area contributed by atoms with Gasteiger partial charge in [0, 0.05) is 14.1 Å². The van der Waals surface area contributed by atoms with Crippen LogP contribution in [0.4, 0.5) is 0 Å². The lowest BCUT2D eigenvalue weighted by atomic mass is 10.3. The van der Waals surface area contributed by atoms with Crippen molar-refractivity contribution in [1.29, 1.82) is 0 Å². The smallest absolute Gasteiger partial charge is 0.384 e. The Morgan fingerprint density at radius 1 is 1.24 bits per heavy atom. The summed E-state index contributed by atoms with van der Waals surface area (Å²) < 4.78 is 31.4. The molecule has 0 aliphatic heterocycles. The first-order chi connectivity index (χ1) is 9.89. The third kappa shape index (κ3) is 2.67. The van der Waals surface area contributed by atoms with Gasteiger partial charge < -0.3 is 4.74 Å². The molecule has 0 atom stereocenters. The third-order valence-corrected chi connectivity index (χ3v) is 4.22. The van der Waals surface area contributed by atoms with Crippen molar-refractivity contribution in [2.24, 2.45) is 0 Å². The molecule has 0 fully saturated rings. The summed E-state index contributed by atoms with van der Waals surface area (Å²) in [5.74, 6) is 0.413. The summed E-state index contributed by atoms with van der Waals surface area (Å²) in [5.41, 5.74) is -0.569. The number of hydrogen-bond donors (Lipinski definition) is 0. The highest BCUT2D eigenvalue weighted by Gasteiger charge is 2.24. The zero-order valence-corrected chi connectivity index (χ0v) is 12.6. The molecule has 21 heavy (non-hydrogen) atoms. The van der Waals surface area contributed by atoms with Gasteiger partial charge in [-0.2, -0.15) is 17.4 Å². The minimum Gasteiger partial charge on any atom is -0.492 e. The van der Waals surface area contributed by atoms with Crippen molar-refractivity contribution < 1.29 is 13.2 Å². The quantitative estimate of drug-likeness (QED) is 0.736. The second-order valence-electron chi connectivity index (χ2n) is 4.21. The average Bonchev–Trinajstić information content (AvgIpc) is 2.82. The fraction of sp³-hybridized carbons (Fsp3) is 0.364. The van der Waals surface area contributed by atoms with Crippen LogP contribution in [-0.4, -0.2) is 52.6 Å². The molecule has 9 nitrogen and oxygen atoms in total. The van der Waals surface area contributed by atoms with Gasteiger partial charge in [-0.1, -0.05) is 16.2 Å². The highest BCUT2D eigenvalue weighted by molar-refractivity contribution is 7.87. The van der Waals surface area contributed by atoms with Gasteiger partial charge in [-0.3, -0.25) is 0 Å². The normalized spacial score (nSPS) is 11.8. The van der Waals surface area contributed by atoms with Crippen LogP contribution in [0.15, 0.2) is 29.1 Å². The Morgan fingerprint density at radius 3 is 2.52 bits per heavy atom. The lowest BCUT2D eigenvalue weighted by molar-refractivity contribution is 0.338.